The van der Waals surface area contributed by atoms with Crippen molar-refractivity contribution in [1.29, 1.82) is 0 Å². The van der Waals surface area contributed by atoms with E-state index in [-0.39, 0.29) is 0 Å². The summed E-state index contributed by atoms with van der Waals surface area (Å²) in [5.74, 6) is 4.33. The van der Waals surface area contributed by atoms with Crippen LogP contribution in [0.3, 0.4) is 0 Å². The minimum absolute atomic E-state index is 0.292. The minimum Gasteiger partial charge on any atom is -0.478 e. The lowest BCUT2D eigenvalue weighted by Crippen LogP contribution is -2.37. The monoisotopic (exact) mass is 496 g/mol. The lowest BCUT2D eigenvalue weighted by atomic mass is 9.96. The number of hydrogen-bond acceptors (Lipinski definition) is 8. The number of fused-ring (bicyclic) bond motifs is 1. The zero-order valence-corrected chi connectivity index (χ0v) is 21.5. The van der Waals surface area contributed by atoms with Gasteiger partial charge in [-0.05, 0) is 43.0 Å². The highest BCUT2D eigenvalue weighted by Crippen LogP contribution is 2.33. The number of aliphatic imine (C=N–C) groups is 1. The molecule has 190 valence electrons. The van der Waals surface area contributed by atoms with E-state index >= 15 is 0 Å². The SMILES string of the molecule is CC(C)[C@@H]1COC(C2CCN(c3nc(-c4ccnc(Nc5ccn(C)n5)c4)cc4cnccc34)CC2)=N1. The average Bonchev–Trinajstić information content (AvgIpc) is 3.58. The largest absolute Gasteiger partial charge is 0.478 e. The smallest absolute Gasteiger partial charge is 0.187 e. The fourth-order valence-electron chi connectivity index (χ4n) is 5.05. The zero-order valence-electron chi connectivity index (χ0n) is 21.5. The summed E-state index contributed by atoms with van der Waals surface area (Å²) in [5, 5.41) is 9.86. The fourth-order valence-corrected chi connectivity index (χ4v) is 5.05. The van der Waals surface area contributed by atoms with Crippen molar-refractivity contribution in [3.63, 3.8) is 0 Å². The first kappa shape index (κ1) is 23.4. The van der Waals surface area contributed by atoms with Crippen LogP contribution in [0.1, 0.15) is 26.7 Å². The van der Waals surface area contributed by atoms with Crippen molar-refractivity contribution in [1.82, 2.24) is 24.7 Å². The molecule has 9 nitrogen and oxygen atoms in total. The first-order valence-corrected chi connectivity index (χ1v) is 13.0. The number of nitrogens with zero attached hydrogens (tertiary/aromatic N) is 7. The molecular weight excluding hydrogens is 464 g/mol. The first-order chi connectivity index (χ1) is 18.0. The van der Waals surface area contributed by atoms with Crippen LogP contribution in [0.4, 0.5) is 17.5 Å². The Bertz CT molecular complexity index is 1440. The van der Waals surface area contributed by atoms with Crippen LogP contribution in [0.5, 0.6) is 0 Å². The van der Waals surface area contributed by atoms with Gasteiger partial charge >= 0.3 is 0 Å². The summed E-state index contributed by atoms with van der Waals surface area (Å²) in [5.41, 5.74) is 1.89. The number of pyridine rings is 3. The molecule has 1 fully saturated rings. The van der Waals surface area contributed by atoms with E-state index in [1.54, 1.807) is 10.9 Å². The van der Waals surface area contributed by atoms with Gasteiger partial charge in [-0.3, -0.25) is 9.67 Å². The van der Waals surface area contributed by atoms with Gasteiger partial charge in [-0.2, -0.15) is 5.10 Å². The summed E-state index contributed by atoms with van der Waals surface area (Å²) >= 11 is 0. The maximum absolute atomic E-state index is 6.00. The van der Waals surface area contributed by atoms with Gasteiger partial charge in [0.15, 0.2) is 11.7 Å². The lowest BCUT2D eigenvalue weighted by molar-refractivity contribution is 0.270. The normalized spacial score (nSPS) is 18.3. The standard InChI is InChI=1S/C28H32N8O/c1-18(2)24-17-37-28(32-24)19-6-12-36(13-7-19)27-22-5-9-29-16-21(22)14-23(31-27)20-4-10-30-26(15-20)33-25-8-11-35(3)34-25/h4-5,8-11,14-16,18-19,24H,6-7,12-13,17H2,1-3H3,(H,30,33,34)/t24-/m0/s1. The van der Waals surface area contributed by atoms with E-state index in [0.717, 1.165) is 77.9 Å². The molecule has 9 heteroatoms. The quantitative estimate of drug-likeness (QED) is 0.408. The van der Waals surface area contributed by atoms with E-state index in [1.165, 1.54) is 0 Å². The van der Waals surface area contributed by atoms with Crippen molar-refractivity contribution in [2.45, 2.75) is 32.7 Å². The van der Waals surface area contributed by atoms with Crippen molar-refractivity contribution >= 4 is 34.1 Å². The molecule has 0 amide bonds. The lowest BCUT2D eigenvalue weighted by Gasteiger charge is -2.33. The summed E-state index contributed by atoms with van der Waals surface area (Å²) < 4.78 is 7.76. The van der Waals surface area contributed by atoms with Crippen LogP contribution in [0, 0.1) is 11.8 Å². The molecule has 1 saturated heterocycles. The molecule has 4 aromatic rings. The molecule has 4 aromatic heterocycles. The Morgan fingerprint density at radius 3 is 2.68 bits per heavy atom. The first-order valence-electron chi connectivity index (χ1n) is 13.0. The minimum atomic E-state index is 0.292. The molecule has 2 aliphatic heterocycles. The maximum atomic E-state index is 6.00. The van der Waals surface area contributed by atoms with Gasteiger partial charge in [-0.15, -0.1) is 0 Å². The molecule has 37 heavy (non-hydrogen) atoms. The summed E-state index contributed by atoms with van der Waals surface area (Å²) in [7, 11) is 1.89. The van der Waals surface area contributed by atoms with Gasteiger partial charge in [0.25, 0.3) is 0 Å². The highest BCUT2D eigenvalue weighted by atomic mass is 16.5. The number of piperidine rings is 1. The Balaban J connectivity index is 1.26. The van der Waals surface area contributed by atoms with Crippen LogP contribution in [0.25, 0.3) is 22.0 Å². The number of aromatic nitrogens is 5. The van der Waals surface area contributed by atoms with Crippen molar-refractivity contribution < 1.29 is 4.74 Å². The molecule has 0 saturated carbocycles. The van der Waals surface area contributed by atoms with Gasteiger partial charge in [0.05, 0.1) is 11.7 Å². The van der Waals surface area contributed by atoms with Gasteiger partial charge in [0, 0.05) is 73.2 Å². The molecule has 2 aliphatic rings. The third-order valence-corrected chi connectivity index (χ3v) is 7.25. The zero-order chi connectivity index (χ0) is 25.4. The van der Waals surface area contributed by atoms with E-state index < -0.39 is 0 Å². The molecule has 0 bridgehead atoms. The van der Waals surface area contributed by atoms with Gasteiger partial charge < -0.3 is 15.0 Å². The van der Waals surface area contributed by atoms with E-state index in [0.29, 0.717) is 17.9 Å². The van der Waals surface area contributed by atoms with E-state index in [1.807, 2.05) is 43.8 Å². The molecule has 0 aliphatic carbocycles. The van der Waals surface area contributed by atoms with Crippen LogP contribution in [-0.2, 0) is 11.8 Å². The second kappa shape index (κ2) is 9.80. The Hall–Kier alpha value is -4.01. The fraction of sp³-hybridized carbons (Fsp3) is 0.393. The summed E-state index contributed by atoms with van der Waals surface area (Å²) in [6.07, 6.45) is 9.47. The van der Waals surface area contributed by atoms with E-state index in [9.17, 15) is 0 Å². The molecule has 1 atom stereocenters. The van der Waals surface area contributed by atoms with Crippen molar-refractivity contribution in [2.24, 2.45) is 23.9 Å². The van der Waals surface area contributed by atoms with Crippen LogP contribution >= 0.6 is 0 Å². The Kier molecular flexibility index (Phi) is 6.20. The molecule has 0 radical (unpaired) electrons. The molecule has 0 spiro atoms. The van der Waals surface area contributed by atoms with Gasteiger partial charge in [-0.1, -0.05) is 13.8 Å². The highest BCUT2D eigenvalue weighted by Gasteiger charge is 2.31. The van der Waals surface area contributed by atoms with Crippen LogP contribution in [0.2, 0.25) is 0 Å². The van der Waals surface area contributed by atoms with Gasteiger partial charge in [-0.25, -0.2) is 15.0 Å². The Labute approximate surface area is 216 Å². The molecule has 6 heterocycles. The number of anilines is 3. The number of ether oxygens (including phenoxy) is 1. The van der Waals surface area contributed by atoms with Crippen molar-refractivity contribution in [3.8, 4) is 11.3 Å². The third kappa shape index (κ3) is 4.85. The van der Waals surface area contributed by atoms with Gasteiger partial charge in [0.2, 0.25) is 0 Å². The summed E-state index contributed by atoms with van der Waals surface area (Å²) in [6.45, 7) is 6.97. The Morgan fingerprint density at radius 1 is 1.05 bits per heavy atom. The van der Waals surface area contributed by atoms with Gasteiger partial charge in [0.1, 0.15) is 18.2 Å². The van der Waals surface area contributed by atoms with Crippen molar-refractivity contribution in [3.05, 3.63) is 55.1 Å². The van der Waals surface area contributed by atoms with E-state index in [2.05, 4.69) is 51.3 Å². The van der Waals surface area contributed by atoms with Crippen LogP contribution < -0.4 is 10.2 Å². The topological polar surface area (TPSA) is 93.3 Å². The predicted molar refractivity (Wildman–Crippen MR) is 146 cm³/mol. The number of rotatable bonds is 6. The summed E-state index contributed by atoms with van der Waals surface area (Å²) in [4.78, 5) is 21.3. The molecule has 0 unspecified atom stereocenters. The van der Waals surface area contributed by atoms with Crippen molar-refractivity contribution in [2.75, 3.05) is 29.9 Å². The molecular formula is C28H32N8O. The summed E-state index contributed by atoms with van der Waals surface area (Å²) in [6, 6.07) is 10.4. The van der Waals surface area contributed by atoms with Crippen LogP contribution in [-0.4, -0.2) is 56.4 Å². The number of nitrogens with one attached hydrogen (secondary N) is 1. The second-order valence-electron chi connectivity index (χ2n) is 10.2. The molecule has 1 N–H and O–H groups in total. The molecule has 6 rings (SSSR count). The third-order valence-electron chi connectivity index (χ3n) is 7.25. The maximum Gasteiger partial charge on any atom is 0.187 e. The van der Waals surface area contributed by atoms with Crippen LogP contribution in [0.15, 0.2) is 60.1 Å². The molecule has 0 aromatic carbocycles. The highest BCUT2D eigenvalue weighted by molar-refractivity contribution is 5.94. The average molecular weight is 497 g/mol. The Morgan fingerprint density at radius 2 is 1.92 bits per heavy atom. The van der Waals surface area contributed by atoms with E-state index in [4.69, 9.17) is 14.7 Å². The predicted octanol–water partition coefficient (Wildman–Crippen LogP) is 4.84. The number of aryl methyl sites for hydroxylation is 1. The second-order valence-corrected chi connectivity index (χ2v) is 10.2. The number of hydrogen-bond donors (Lipinski definition) is 1.